The fourth-order valence-corrected chi connectivity index (χ4v) is 5.85. The third kappa shape index (κ3) is 10.4. The summed E-state index contributed by atoms with van der Waals surface area (Å²) in [4.78, 5) is 63.7. The van der Waals surface area contributed by atoms with Gasteiger partial charge in [-0.2, -0.15) is 0 Å². The number of hydrogen-bond donors (Lipinski definition) is 1. The lowest BCUT2D eigenvalue weighted by Crippen LogP contribution is -2.45. The first-order chi connectivity index (χ1) is 25.4. The minimum atomic E-state index is -0.989. The number of amides is 2. The Morgan fingerprint density at radius 2 is 1.43 bits per heavy atom. The van der Waals surface area contributed by atoms with E-state index in [1.807, 2.05) is 39.8 Å². The van der Waals surface area contributed by atoms with E-state index < -0.39 is 23.7 Å². The number of methoxy groups -OCH3 is 3. The van der Waals surface area contributed by atoms with E-state index in [1.165, 1.54) is 49.5 Å². The van der Waals surface area contributed by atoms with Gasteiger partial charge in [0.05, 0.1) is 12.7 Å². The number of nitrogens with one attached hydrogen (secondary N) is 1. The molecule has 1 aliphatic rings. The van der Waals surface area contributed by atoms with E-state index in [0.29, 0.717) is 30.7 Å². The van der Waals surface area contributed by atoms with Gasteiger partial charge in [0, 0.05) is 56.6 Å². The average Bonchev–Trinajstić information content (AvgIpc) is 3.39. The van der Waals surface area contributed by atoms with Crippen molar-refractivity contribution in [3.63, 3.8) is 0 Å². The van der Waals surface area contributed by atoms with Gasteiger partial charge in [0.1, 0.15) is 28.6 Å². The van der Waals surface area contributed by atoms with E-state index in [-0.39, 0.29) is 72.1 Å². The van der Waals surface area contributed by atoms with Gasteiger partial charge in [-0.25, -0.2) is 23.8 Å². The summed E-state index contributed by atoms with van der Waals surface area (Å²) in [5.74, 6) is -1.91. The second-order valence-electron chi connectivity index (χ2n) is 13.1. The Bertz CT molecular complexity index is 1730. The van der Waals surface area contributed by atoms with E-state index in [9.17, 15) is 23.6 Å². The molecule has 1 atom stereocenters. The Labute approximate surface area is 308 Å². The van der Waals surface area contributed by atoms with Gasteiger partial charge in [-0.05, 0) is 66.5 Å². The number of carbonyl (C=O) groups is 4. The Kier molecular flexibility index (Phi) is 14.6. The molecule has 0 aliphatic carbocycles. The van der Waals surface area contributed by atoms with Crippen LogP contribution in [0.1, 0.15) is 107 Å². The maximum absolute atomic E-state index is 14.9. The maximum atomic E-state index is 14.9. The molecule has 0 aromatic heterocycles. The van der Waals surface area contributed by atoms with Gasteiger partial charge >= 0.3 is 12.1 Å². The molecule has 53 heavy (non-hydrogen) atoms. The molecule has 0 radical (unpaired) electrons. The topological polar surface area (TPSA) is 148 Å². The minimum absolute atomic E-state index is 0.0263. The number of ether oxygens (including phenoxy) is 5. The monoisotopic (exact) mass is 738 g/mol. The zero-order valence-corrected chi connectivity index (χ0v) is 31.1. The number of nitrogens with zero attached hydrogens (tertiary/aromatic N) is 1. The van der Waals surface area contributed by atoms with Crippen molar-refractivity contribution in [1.82, 2.24) is 10.2 Å². The standard InChI is InChI=1S/C39H47FN2O11/c1-23(2)30-16-27(17-31(24(3)4)36(30)51-22-48-6)37(44)41-28-10-8-9-15-42(20-28)39(46)53-52-38(45)26-13-11-25(12-14-26)35(43)34-32(40)18-29(49-7)19-33(34)50-21-47-5/h11-14,16-19,23-24,28H,8-10,15,20-22H2,1-7H3,(H,41,44). The van der Waals surface area contributed by atoms with E-state index in [2.05, 4.69) is 5.32 Å². The summed E-state index contributed by atoms with van der Waals surface area (Å²) < 4.78 is 41.3. The maximum Gasteiger partial charge on any atom is 0.453 e. The van der Waals surface area contributed by atoms with Crippen LogP contribution in [0.25, 0.3) is 0 Å². The van der Waals surface area contributed by atoms with Crippen molar-refractivity contribution in [3.05, 3.63) is 87.7 Å². The van der Waals surface area contributed by atoms with Gasteiger partial charge in [0.25, 0.3) is 5.91 Å². The second kappa shape index (κ2) is 19.0. The molecule has 1 N–H and O–H groups in total. The Balaban J connectivity index is 1.39. The summed E-state index contributed by atoms with van der Waals surface area (Å²) >= 11 is 0. The van der Waals surface area contributed by atoms with Crippen molar-refractivity contribution in [2.24, 2.45) is 0 Å². The predicted molar refractivity (Wildman–Crippen MR) is 191 cm³/mol. The number of carbonyl (C=O) groups excluding carboxylic acids is 4. The minimum Gasteiger partial charge on any atom is -0.497 e. The fraction of sp³-hybridized carbons (Fsp3) is 0.436. The number of likely N-dealkylation sites (tertiary alicyclic amines) is 1. The molecule has 14 heteroatoms. The first kappa shape index (κ1) is 40.6. The fourth-order valence-electron chi connectivity index (χ4n) is 5.85. The van der Waals surface area contributed by atoms with Crippen LogP contribution < -0.4 is 19.5 Å². The molecule has 4 rings (SSSR count). The Hall–Kier alpha value is -5.21. The van der Waals surface area contributed by atoms with Crippen LogP contribution >= 0.6 is 0 Å². The average molecular weight is 739 g/mol. The molecule has 1 heterocycles. The molecule has 3 aromatic carbocycles. The molecule has 2 amide bonds. The smallest absolute Gasteiger partial charge is 0.453 e. The third-order valence-corrected chi connectivity index (χ3v) is 8.63. The number of halogens is 1. The molecule has 0 spiro atoms. The normalized spacial score (nSPS) is 14.4. The van der Waals surface area contributed by atoms with Gasteiger partial charge in [-0.15, -0.1) is 0 Å². The molecular formula is C39H47FN2O11. The molecule has 0 saturated carbocycles. The van der Waals surface area contributed by atoms with Gasteiger partial charge < -0.3 is 33.9 Å². The first-order valence-electron chi connectivity index (χ1n) is 17.3. The van der Waals surface area contributed by atoms with E-state index in [1.54, 1.807) is 7.11 Å². The lowest BCUT2D eigenvalue weighted by molar-refractivity contribution is -0.192. The number of rotatable bonds is 14. The van der Waals surface area contributed by atoms with Gasteiger partial charge in [-0.3, -0.25) is 9.59 Å². The largest absolute Gasteiger partial charge is 0.497 e. The number of benzene rings is 3. The molecule has 1 fully saturated rings. The molecule has 13 nitrogen and oxygen atoms in total. The SMILES string of the molecule is COCOc1cc(OC)cc(F)c1C(=O)c1ccc(C(=O)OOC(=O)N2CCCCC(NC(=O)c3cc(C(C)C)c(OCOC)c(C(C)C)c3)C2)cc1. The molecule has 1 saturated heterocycles. The summed E-state index contributed by atoms with van der Waals surface area (Å²) in [5, 5.41) is 3.06. The zero-order chi connectivity index (χ0) is 38.7. The third-order valence-electron chi connectivity index (χ3n) is 8.63. The van der Waals surface area contributed by atoms with Crippen LogP contribution in [-0.2, 0) is 19.2 Å². The summed E-state index contributed by atoms with van der Waals surface area (Å²) in [5.41, 5.74) is 1.95. The Morgan fingerprint density at radius 3 is 2.04 bits per heavy atom. The molecular weight excluding hydrogens is 691 g/mol. The van der Waals surface area contributed by atoms with Gasteiger partial charge in [0.15, 0.2) is 19.4 Å². The van der Waals surface area contributed by atoms with Crippen molar-refractivity contribution in [2.75, 3.05) is 48.0 Å². The summed E-state index contributed by atoms with van der Waals surface area (Å²) in [7, 11) is 4.28. The quantitative estimate of drug-likeness (QED) is 0.0809. The molecule has 0 bridgehead atoms. The number of ketones is 1. The highest BCUT2D eigenvalue weighted by Gasteiger charge is 2.28. The van der Waals surface area contributed by atoms with Crippen molar-refractivity contribution in [1.29, 1.82) is 0 Å². The highest BCUT2D eigenvalue weighted by molar-refractivity contribution is 6.11. The lowest BCUT2D eigenvalue weighted by Gasteiger charge is -2.25. The van der Waals surface area contributed by atoms with E-state index in [0.717, 1.165) is 23.6 Å². The first-order valence-corrected chi connectivity index (χ1v) is 17.3. The summed E-state index contributed by atoms with van der Waals surface area (Å²) in [6, 6.07) is 10.9. The molecule has 286 valence electrons. The second-order valence-corrected chi connectivity index (χ2v) is 13.1. The van der Waals surface area contributed by atoms with Crippen molar-refractivity contribution in [2.45, 2.75) is 64.8 Å². The Morgan fingerprint density at radius 1 is 0.811 bits per heavy atom. The van der Waals surface area contributed by atoms with E-state index >= 15 is 0 Å². The zero-order valence-electron chi connectivity index (χ0n) is 31.1. The van der Waals surface area contributed by atoms with Crippen LogP contribution in [0, 0.1) is 5.82 Å². The van der Waals surface area contributed by atoms with Crippen LogP contribution in [0.15, 0.2) is 48.5 Å². The highest BCUT2D eigenvalue weighted by Crippen LogP contribution is 2.36. The van der Waals surface area contributed by atoms with Crippen LogP contribution in [0.5, 0.6) is 17.2 Å². The molecule has 1 aliphatic heterocycles. The van der Waals surface area contributed by atoms with Crippen LogP contribution in [-0.4, -0.2) is 82.7 Å². The summed E-state index contributed by atoms with van der Waals surface area (Å²) in [6.07, 6.45) is 1.13. The number of hydrogen-bond acceptors (Lipinski definition) is 11. The summed E-state index contributed by atoms with van der Waals surface area (Å²) in [6.45, 7) is 8.44. The van der Waals surface area contributed by atoms with E-state index in [4.69, 9.17) is 33.5 Å². The van der Waals surface area contributed by atoms with Crippen molar-refractivity contribution in [3.8, 4) is 17.2 Å². The van der Waals surface area contributed by atoms with Gasteiger partial charge in [0.2, 0.25) is 0 Å². The van der Waals surface area contributed by atoms with Crippen LogP contribution in [0.3, 0.4) is 0 Å². The highest BCUT2D eigenvalue weighted by atomic mass is 19.1. The lowest BCUT2D eigenvalue weighted by atomic mass is 9.91. The van der Waals surface area contributed by atoms with Crippen molar-refractivity contribution < 1.29 is 57.0 Å². The van der Waals surface area contributed by atoms with Crippen LogP contribution in [0.2, 0.25) is 0 Å². The van der Waals surface area contributed by atoms with Crippen molar-refractivity contribution >= 4 is 23.8 Å². The van der Waals surface area contributed by atoms with Crippen LogP contribution in [0.4, 0.5) is 9.18 Å². The predicted octanol–water partition coefficient (Wildman–Crippen LogP) is 6.77. The van der Waals surface area contributed by atoms with Gasteiger partial charge in [-0.1, -0.05) is 39.8 Å². The molecule has 1 unspecified atom stereocenters. The molecule has 3 aromatic rings.